The van der Waals surface area contributed by atoms with Crippen LogP contribution >= 0.6 is 0 Å². The van der Waals surface area contributed by atoms with E-state index in [1.807, 2.05) is 6.92 Å². The van der Waals surface area contributed by atoms with E-state index in [0.29, 0.717) is 23.7 Å². The summed E-state index contributed by atoms with van der Waals surface area (Å²) in [6.45, 7) is 3.24. The molecule has 1 N–H and O–H groups in total. The molecule has 1 fully saturated rings. The molecule has 0 aromatic heterocycles. The van der Waals surface area contributed by atoms with Gasteiger partial charge in [0.25, 0.3) is 5.91 Å². The van der Waals surface area contributed by atoms with Gasteiger partial charge >= 0.3 is 0 Å². The van der Waals surface area contributed by atoms with Crippen LogP contribution in [0.4, 0.5) is 0 Å². The van der Waals surface area contributed by atoms with Crippen molar-refractivity contribution in [2.75, 3.05) is 20.3 Å². The van der Waals surface area contributed by atoms with Crippen molar-refractivity contribution in [3.63, 3.8) is 0 Å². The van der Waals surface area contributed by atoms with E-state index < -0.39 is 0 Å². The average Bonchev–Trinajstić information content (AvgIpc) is 2.56. The van der Waals surface area contributed by atoms with Crippen LogP contribution in [0.2, 0.25) is 0 Å². The van der Waals surface area contributed by atoms with Gasteiger partial charge in [0.05, 0.1) is 13.7 Å². The van der Waals surface area contributed by atoms with E-state index >= 15 is 0 Å². The van der Waals surface area contributed by atoms with Crippen molar-refractivity contribution in [1.29, 1.82) is 0 Å². The summed E-state index contributed by atoms with van der Waals surface area (Å²) in [5.41, 5.74) is 0.615. The summed E-state index contributed by atoms with van der Waals surface area (Å²) in [7, 11) is 1.59. The zero-order valence-corrected chi connectivity index (χ0v) is 13.7. The lowest BCUT2D eigenvalue weighted by Gasteiger charge is -2.21. The van der Waals surface area contributed by atoms with Crippen LogP contribution in [-0.4, -0.2) is 26.2 Å². The fraction of sp³-hybridized carbons (Fsp3) is 0.611. The number of benzene rings is 1. The van der Waals surface area contributed by atoms with Gasteiger partial charge in [-0.3, -0.25) is 4.79 Å². The van der Waals surface area contributed by atoms with E-state index in [0.717, 1.165) is 18.9 Å². The summed E-state index contributed by atoms with van der Waals surface area (Å²) in [5, 5.41) is 3.01. The Kier molecular flexibility index (Phi) is 6.56. The lowest BCUT2D eigenvalue weighted by molar-refractivity contribution is 0.0950. The van der Waals surface area contributed by atoms with Gasteiger partial charge in [0, 0.05) is 12.1 Å². The fourth-order valence-corrected chi connectivity index (χ4v) is 3.05. The standard InChI is InChI=1S/C18H27NO3/c1-3-22-16-10-9-15(13-17(16)21-2)18(20)19-12-11-14-7-5-4-6-8-14/h9-10,13-14H,3-8,11-12H2,1-2H3,(H,19,20). The van der Waals surface area contributed by atoms with E-state index in [9.17, 15) is 4.79 Å². The summed E-state index contributed by atoms with van der Waals surface area (Å²) >= 11 is 0. The molecule has 0 heterocycles. The van der Waals surface area contributed by atoms with Gasteiger partial charge in [-0.05, 0) is 37.5 Å². The van der Waals surface area contributed by atoms with Gasteiger partial charge in [0.15, 0.2) is 11.5 Å². The van der Waals surface area contributed by atoms with Crippen molar-refractivity contribution in [2.24, 2.45) is 5.92 Å². The second-order valence-electron chi connectivity index (χ2n) is 5.85. The van der Waals surface area contributed by atoms with E-state index in [2.05, 4.69) is 5.32 Å². The Labute approximate surface area is 133 Å². The Hall–Kier alpha value is -1.71. The third kappa shape index (κ3) is 4.65. The van der Waals surface area contributed by atoms with Gasteiger partial charge in [0.1, 0.15) is 0 Å². The number of methoxy groups -OCH3 is 1. The predicted molar refractivity (Wildman–Crippen MR) is 87.7 cm³/mol. The number of hydrogen-bond donors (Lipinski definition) is 1. The van der Waals surface area contributed by atoms with Crippen LogP contribution in [0.1, 0.15) is 55.8 Å². The molecule has 0 unspecified atom stereocenters. The Morgan fingerprint density at radius 2 is 2.00 bits per heavy atom. The molecule has 2 rings (SSSR count). The summed E-state index contributed by atoms with van der Waals surface area (Å²) in [4.78, 5) is 12.2. The van der Waals surface area contributed by atoms with Crippen LogP contribution in [0.25, 0.3) is 0 Å². The van der Waals surface area contributed by atoms with Crippen molar-refractivity contribution in [2.45, 2.75) is 45.4 Å². The third-order valence-electron chi connectivity index (χ3n) is 4.29. The molecule has 22 heavy (non-hydrogen) atoms. The fourth-order valence-electron chi connectivity index (χ4n) is 3.05. The molecule has 4 nitrogen and oxygen atoms in total. The highest BCUT2D eigenvalue weighted by molar-refractivity contribution is 5.94. The summed E-state index contributed by atoms with van der Waals surface area (Å²) < 4.78 is 10.7. The average molecular weight is 305 g/mol. The minimum Gasteiger partial charge on any atom is -0.493 e. The topological polar surface area (TPSA) is 47.6 Å². The molecule has 0 bridgehead atoms. The van der Waals surface area contributed by atoms with Gasteiger partial charge in [-0.15, -0.1) is 0 Å². The van der Waals surface area contributed by atoms with E-state index in [4.69, 9.17) is 9.47 Å². The maximum absolute atomic E-state index is 12.2. The highest BCUT2D eigenvalue weighted by Gasteiger charge is 2.14. The molecule has 1 aliphatic rings. The molecule has 1 aromatic carbocycles. The molecular formula is C18H27NO3. The van der Waals surface area contributed by atoms with Gasteiger partial charge in [-0.2, -0.15) is 0 Å². The lowest BCUT2D eigenvalue weighted by atomic mass is 9.87. The smallest absolute Gasteiger partial charge is 0.251 e. The molecule has 0 spiro atoms. The largest absolute Gasteiger partial charge is 0.493 e. The second-order valence-corrected chi connectivity index (χ2v) is 5.85. The number of amides is 1. The van der Waals surface area contributed by atoms with Crippen molar-refractivity contribution in [1.82, 2.24) is 5.32 Å². The minimum atomic E-state index is -0.0443. The molecule has 1 saturated carbocycles. The van der Waals surface area contributed by atoms with Gasteiger partial charge in [-0.25, -0.2) is 0 Å². The van der Waals surface area contributed by atoms with Gasteiger partial charge in [-0.1, -0.05) is 32.1 Å². The van der Waals surface area contributed by atoms with Crippen molar-refractivity contribution in [3.05, 3.63) is 23.8 Å². The first-order valence-electron chi connectivity index (χ1n) is 8.33. The first kappa shape index (κ1) is 16.7. The normalized spacial score (nSPS) is 15.4. The molecule has 0 aliphatic heterocycles. The SMILES string of the molecule is CCOc1ccc(C(=O)NCCC2CCCCC2)cc1OC. The maximum Gasteiger partial charge on any atom is 0.251 e. The van der Waals surface area contributed by atoms with Crippen LogP contribution in [0.15, 0.2) is 18.2 Å². The second kappa shape index (κ2) is 8.66. The van der Waals surface area contributed by atoms with Crippen molar-refractivity contribution < 1.29 is 14.3 Å². The van der Waals surface area contributed by atoms with Crippen LogP contribution in [0.5, 0.6) is 11.5 Å². The van der Waals surface area contributed by atoms with E-state index in [1.54, 1.807) is 25.3 Å². The number of ether oxygens (including phenoxy) is 2. The van der Waals surface area contributed by atoms with Crippen molar-refractivity contribution in [3.8, 4) is 11.5 Å². The van der Waals surface area contributed by atoms with Gasteiger partial charge < -0.3 is 14.8 Å². The zero-order valence-electron chi connectivity index (χ0n) is 13.7. The number of rotatable bonds is 7. The van der Waals surface area contributed by atoms with E-state index in [-0.39, 0.29) is 5.91 Å². The molecule has 1 amide bonds. The summed E-state index contributed by atoms with van der Waals surface area (Å²) in [6.07, 6.45) is 7.76. The number of carbonyl (C=O) groups excluding carboxylic acids is 1. The molecule has 0 atom stereocenters. The van der Waals surface area contributed by atoms with E-state index in [1.165, 1.54) is 32.1 Å². The predicted octanol–water partition coefficient (Wildman–Crippen LogP) is 3.79. The summed E-state index contributed by atoms with van der Waals surface area (Å²) in [5.74, 6) is 2.01. The molecule has 1 aromatic rings. The molecule has 0 saturated heterocycles. The molecule has 122 valence electrons. The maximum atomic E-state index is 12.2. The Bertz CT molecular complexity index is 481. The summed E-state index contributed by atoms with van der Waals surface area (Å²) in [6, 6.07) is 5.31. The van der Waals surface area contributed by atoms with Gasteiger partial charge in [0.2, 0.25) is 0 Å². The van der Waals surface area contributed by atoms with Crippen LogP contribution in [0, 0.1) is 5.92 Å². The van der Waals surface area contributed by atoms with Crippen LogP contribution in [0.3, 0.4) is 0 Å². The van der Waals surface area contributed by atoms with Crippen molar-refractivity contribution >= 4 is 5.91 Å². The highest BCUT2D eigenvalue weighted by Crippen LogP contribution is 2.28. The zero-order chi connectivity index (χ0) is 15.8. The third-order valence-corrected chi connectivity index (χ3v) is 4.29. The highest BCUT2D eigenvalue weighted by atomic mass is 16.5. The number of hydrogen-bond acceptors (Lipinski definition) is 3. The monoisotopic (exact) mass is 305 g/mol. The molecule has 1 aliphatic carbocycles. The Balaban J connectivity index is 1.86. The molecule has 0 radical (unpaired) electrons. The first-order chi connectivity index (χ1) is 10.7. The first-order valence-corrected chi connectivity index (χ1v) is 8.33. The quantitative estimate of drug-likeness (QED) is 0.833. The molecule has 4 heteroatoms. The Morgan fingerprint density at radius 3 is 2.68 bits per heavy atom. The molecular weight excluding hydrogens is 278 g/mol. The number of carbonyl (C=O) groups is 1. The number of nitrogens with one attached hydrogen (secondary N) is 1. The Morgan fingerprint density at radius 1 is 1.23 bits per heavy atom. The van der Waals surface area contributed by atoms with Crippen LogP contribution in [-0.2, 0) is 0 Å². The lowest BCUT2D eigenvalue weighted by Crippen LogP contribution is -2.26. The minimum absolute atomic E-state index is 0.0443. The van der Waals surface area contributed by atoms with Crippen LogP contribution < -0.4 is 14.8 Å².